The lowest BCUT2D eigenvalue weighted by Crippen LogP contribution is -1.96. The molecular formula is C11H12O3S. The predicted octanol–water partition coefficient (Wildman–Crippen LogP) is 1.69. The third kappa shape index (κ3) is 3.67. The van der Waals surface area contributed by atoms with Crippen LogP contribution in [0.25, 0.3) is 6.08 Å². The summed E-state index contributed by atoms with van der Waals surface area (Å²) in [6, 6.07) is 6.37. The Morgan fingerprint density at radius 3 is 2.13 bits per heavy atom. The van der Waals surface area contributed by atoms with Crippen LogP contribution >= 0.6 is 0 Å². The highest BCUT2D eigenvalue weighted by atomic mass is 32.2. The first-order chi connectivity index (χ1) is 6.89. The minimum absolute atomic E-state index is 0.0396. The summed E-state index contributed by atoms with van der Waals surface area (Å²) < 4.78 is 22.3. The van der Waals surface area contributed by atoms with Gasteiger partial charge in [-0.1, -0.05) is 18.2 Å². The van der Waals surface area contributed by atoms with Crippen LogP contribution in [0.1, 0.15) is 12.5 Å². The van der Waals surface area contributed by atoms with E-state index in [4.69, 9.17) is 0 Å². The number of rotatable bonds is 3. The molecule has 1 aromatic carbocycles. The van der Waals surface area contributed by atoms with Gasteiger partial charge in [0, 0.05) is 6.26 Å². The van der Waals surface area contributed by atoms with Gasteiger partial charge in [-0.2, -0.15) is 0 Å². The van der Waals surface area contributed by atoms with Crippen molar-refractivity contribution in [3.05, 3.63) is 35.9 Å². The molecular weight excluding hydrogens is 212 g/mol. The average Bonchev–Trinajstić information content (AvgIpc) is 2.14. The zero-order chi connectivity index (χ0) is 11.5. The number of hydrogen-bond donors (Lipinski definition) is 0. The third-order valence-corrected chi connectivity index (χ3v) is 2.95. The molecule has 0 aromatic heterocycles. The van der Waals surface area contributed by atoms with E-state index in [0.29, 0.717) is 0 Å². The molecule has 3 nitrogen and oxygen atoms in total. The van der Waals surface area contributed by atoms with Crippen molar-refractivity contribution in [1.29, 1.82) is 0 Å². The minimum Gasteiger partial charge on any atom is -0.295 e. The SMILES string of the molecule is CC(=O)C=Cc1ccc(S(C)(=O)=O)cc1. The number of benzene rings is 1. The third-order valence-electron chi connectivity index (χ3n) is 1.82. The van der Waals surface area contributed by atoms with E-state index in [1.165, 1.54) is 25.1 Å². The second-order valence-corrected chi connectivity index (χ2v) is 5.30. The first-order valence-electron chi connectivity index (χ1n) is 4.38. The molecule has 1 rings (SSSR count). The summed E-state index contributed by atoms with van der Waals surface area (Å²) in [5.74, 6) is -0.0396. The Morgan fingerprint density at radius 1 is 1.20 bits per heavy atom. The molecule has 80 valence electrons. The van der Waals surface area contributed by atoms with Gasteiger partial charge in [-0.25, -0.2) is 8.42 Å². The number of sulfone groups is 1. The Hall–Kier alpha value is -1.42. The van der Waals surface area contributed by atoms with Crippen molar-refractivity contribution in [2.75, 3.05) is 6.26 Å². The van der Waals surface area contributed by atoms with Crippen molar-refractivity contribution < 1.29 is 13.2 Å². The van der Waals surface area contributed by atoms with E-state index in [1.807, 2.05) is 0 Å². The average molecular weight is 224 g/mol. The van der Waals surface area contributed by atoms with Gasteiger partial charge in [0.25, 0.3) is 0 Å². The van der Waals surface area contributed by atoms with Crippen molar-refractivity contribution in [3.63, 3.8) is 0 Å². The first-order valence-corrected chi connectivity index (χ1v) is 6.27. The zero-order valence-electron chi connectivity index (χ0n) is 8.60. The Morgan fingerprint density at radius 2 is 1.73 bits per heavy atom. The van der Waals surface area contributed by atoms with E-state index >= 15 is 0 Å². The minimum atomic E-state index is -3.14. The van der Waals surface area contributed by atoms with Crippen LogP contribution in [0.3, 0.4) is 0 Å². The van der Waals surface area contributed by atoms with Gasteiger partial charge in [0.1, 0.15) is 0 Å². The smallest absolute Gasteiger partial charge is 0.175 e. The quantitative estimate of drug-likeness (QED) is 0.734. The monoisotopic (exact) mass is 224 g/mol. The Labute approximate surface area is 89.4 Å². The summed E-state index contributed by atoms with van der Waals surface area (Å²) in [4.78, 5) is 10.9. The van der Waals surface area contributed by atoms with Gasteiger partial charge in [-0.15, -0.1) is 0 Å². The van der Waals surface area contributed by atoms with Crippen molar-refractivity contribution in [1.82, 2.24) is 0 Å². The summed E-state index contributed by atoms with van der Waals surface area (Å²) in [5, 5.41) is 0. The largest absolute Gasteiger partial charge is 0.295 e. The molecule has 0 spiro atoms. The van der Waals surface area contributed by atoms with Crippen LogP contribution in [0.2, 0.25) is 0 Å². The van der Waals surface area contributed by atoms with Crippen molar-refractivity contribution in [2.24, 2.45) is 0 Å². The topological polar surface area (TPSA) is 51.2 Å². The van der Waals surface area contributed by atoms with E-state index in [0.717, 1.165) is 11.8 Å². The van der Waals surface area contributed by atoms with Crippen molar-refractivity contribution >= 4 is 21.7 Å². The fourth-order valence-electron chi connectivity index (χ4n) is 1.04. The summed E-state index contributed by atoms with van der Waals surface area (Å²) in [6.07, 6.45) is 4.25. The standard InChI is InChI=1S/C11H12O3S/c1-9(12)3-4-10-5-7-11(8-6-10)15(2,13)14/h3-8H,1-2H3. The highest BCUT2D eigenvalue weighted by molar-refractivity contribution is 7.90. The van der Waals surface area contributed by atoms with Crippen molar-refractivity contribution in [2.45, 2.75) is 11.8 Å². The molecule has 0 saturated carbocycles. The molecule has 0 amide bonds. The van der Waals surface area contributed by atoms with Gasteiger partial charge in [-0.3, -0.25) is 4.79 Å². The Kier molecular flexibility index (Phi) is 3.42. The van der Waals surface area contributed by atoms with Crippen LogP contribution in [0, 0.1) is 0 Å². The van der Waals surface area contributed by atoms with E-state index < -0.39 is 9.84 Å². The van der Waals surface area contributed by atoms with Crippen LogP contribution in [0.4, 0.5) is 0 Å². The van der Waals surface area contributed by atoms with E-state index in [1.54, 1.807) is 18.2 Å². The van der Waals surface area contributed by atoms with Gasteiger partial charge in [0.2, 0.25) is 0 Å². The van der Waals surface area contributed by atoms with Crippen LogP contribution in [0.15, 0.2) is 35.2 Å². The molecule has 0 radical (unpaired) electrons. The summed E-state index contributed by atoms with van der Waals surface area (Å²) >= 11 is 0. The summed E-state index contributed by atoms with van der Waals surface area (Å²) in [6.45, 7) is 1.46. The van der Waals surface area contributed by atoms with Crippen LogP contribution < -0.4 is 0 Å². The van der Waals surface area contributed by atoms with E-state index in [9.17, 15) is 13.2 Å². The number of carbonyl (C=O) groups excluding carboxylic acids is 1. The lowest BCUT2D eigenvalue weighted by Gasteiger charge is -1.98. The highest BCUT2D eigenvalue weighted by Gasteiger charge is 2.04. The van der Waals surface area contributed by atoms with Crippen LogP contribution in [-0.4, -0.2) is 20.5 Å². The molecule has 0 N–H and O–H groups in total. The van der Waals surface area contributed by atoms with Gasteiger partial charge in [0.15, 0.2) is 15.6 Å². The normalized spacial score (nSPS) is 11.9. The number of hydrogen-bond acceptors (Lipinski definition) is 3. The van der Waals surface area contributed by atoms with Gasteiger partial charge >= 0.3 is 0 Å². The molecule has 0 saturated heterocycles. The second kappa shape index (κ2) is 4.40. The molecule has 0 aliphatic carbocycles. The highest BCUT2D eigenvalue weighted by Crippen LogP contribution is 2.11. The summed E-state index contributed by atoms with van der Waals surface area (Å²) in [5.41, 5.74) is 0.803. The molecule has 0 fully saturated rings. The Bertz CT molecular complexity index is 481. The molecule has 0 aliphatic rings. The number of allylic oxidation sites excluding steroid dienone is 1. The molecule has 0 bridgehead atoms. The van der Waals surface area contributed by atoms with Gasteiger partial charge < -0.3 is 0 Å². The van der Waals surface area contributed by atoms with Crippen molar-refractivity contribution in [3.8, 4) is 0 Å². The van der Waals surface area contributed by atoms with Gasteiger partial charge in [-0.05, 0) is 30.7 Å². The molecule has 4 heteroatoms. The van der Waals surface area contributed by atoms with E-state index in [2.05, 4.69) is 0 Å². The Balaban J connectivity index is 2.96. The van der Waals surface area contributed by atoms with E-state index in [-0.39, 0.29) is 10.7 Å². The predicted molar refractivity (Wildman–Crippen MR) is 59.3 cm³/mol. The van der Waals surface area contributed by atoms with Gasteiger partial charge in [0.05, 0.1) is 4.90 Å². The molecule has 0 atom stereocenters. The maximum Gasteiger partial charge on any atom is 0.175 e. The fraction of sp³-hybridized carbons (Fsp3) is 0.182. The second-order valence-electron chi connectivity index (χ2n) is 3.29. The first kappa shape index (κ1) is 11.7. The molecule has 0 aliphatic heterocycles. The maximum absolute atomic E-state index is 11.1. The number of carbonyl (C=O) groups is 1. The molecule has 15 heavy (non-hydrogen) atoms. The lowest BCUT2D eigenvalue weighted by atomic mass is 10.2. The zero-order valence-corrected chi connectivity index (χ0v) is 9.41. The molecule has 0 heterocycles. The molecule has 1 aromatic rings. The number of ketones is 1. The van der Waals surface area contributed by atoms with Crippen LogP contribution in [0.5, 0.6) is 0 Å². The molecule has 0 unspecified atom stereocenters. The maximum atomic E-state index is 11.1. The lowest BCUT2D eigenvalue weighted by molar-refractivity contribution is -0.112. The van der Waals surface area contributed by atoms with Crippen LogP contribution in [-0.2, 0) is 14.6 Å². The fourth-order valence-corrected chi connectivity index (χ4v) is 1.67. The summed E-state index contributed by atoms with van der Waals surface area (Å²) in [7, 11) is -3.14.